The van der Waals surface area contributed by atoms with E-state index < -0.39 is 0 Å². The van der Waals surface area contributed by atoms with E-state index in [2.05, 4.69) is 20.8 Å². The van der Waals surface area contributed by atoms with Crippen LogP contribution in [-0.4, -0.2) is 14.2 Å². The molecule has 0 aliphatic carbocycles. The molecule has 0 aliphatic heterocycles. The zero-order chi connectivity index (χ0) is 12.3. The van der Waals surface area contributed by atoms with E-state index in [0.717, 1.165) is 17.1 Å². The van der Waals surface area contributed by atoms with Crippen molar-refractivity contribution in [2.24, 2.45) is 11.1 Å². The van der Waals surface area contributed by atoms with Gasteiger partial charge in [0.05, 0.1) is 14.2 Å². The molecule has 0 bridgehead atoms. The van der Waals surface area contributed by atoms with Gasteiger partial charge in [-0.2, -0.15) is 0 Å². The van der Waals surface area contributed by atoms with Gasteiger partial charge in [-0.05, 0) is 11.5 Å². The van der Waals surface area contributed by atoms with Crippen molar-refractivity contribution < 1.29 is 9.47 Å². The van der Waals surface area contributed by atoms with Gasteiger partial charge in [0, 0.05) is 17.7 Å². The normalized spacial score (nSPS) is 13.4. The van der Waals surface area contributed by atoms with Crippen LogP contribution in [0.5, 0.6) is 11.5 Å². The predicted molar refractivity (Wildman–Crippen MR) is 65.9 cm³/mol. The topological polar surface area (TPSA) is 44.5 Å². The number of rotatable bonds is 3. The number of hydrogen-bond donors (Lipinski definition) is 1. The van der Waals surface area contributed by atoms with Crippen LogP contribution in [0, 0.1) is 5.41 Å². The van der Waals surface area contributed by atoms with Crippen LogP contribution in [0.1, 0.15) is 32.4 Å². The molecule has 90 valence electrons. The Balaban J connectivity index is 3.14. The van der Waals surface area contributed by atoms with Gasteiger partial charge in [-0.3, -0.25) is 0 Å². The summed E-state index contributed by atoms with van der Waals surface area (Å²) in [6, 6.07) is 5.67. The SMILES string of the molecule is COc1ccc(C(N)C(C)(C)C)c(OC)c1. The Morgan fingerprint density at radius 2 is 1.75 bits per heavy atom. The molecule has 0 aliphatic rings. The van der Waals surface area contributed by atoms with Gasteiger partial charge in [-0.25, -0.2) is 0 Å². The lowest BCUT2D eigenvalue weighted by molar-refractivity contribution is 0.313. The molecule has 3 heteroatoms. The summed E-state index contributed by atoms with van der Waals surface area (Å²) in [7, 11) is 3.28. The molecule has 0 saturated carbocycles. The Hall–Kier alpha value is -1.22. The lowest BCUT2D eigenvalue weighted by Crippen LogP contribution is -2.26. The van der Waals surface area contributed by atoms with Crippen molar-refractivity contribution >= 4 is 0 Å². The molecule has 0 spiro atoms. The average molecular weight is 223 g/mol. The summed E-state index contributed by atoms with van der Waals surface area (Å²) in [5.41, 5.74) is 7.23. The Kier molecular flexibility index (Phi) is 3.81. The van der Waals surface area contributed by atoms with Gasteiger partial charge >= 0.3 is 0 Å². The Morgan fingerprint density at radius 3 is 2.19 bits per heavy atom. The fraction of sp³-hybridized carbons (Fsp3) is 0.538. The molecule has 0 aromatic heterocycles. The molecule has 0 amide bonds. The van der Waals surface area contributed by atoms with Gasteiger partial charge in [0.15, 0.2) is 0 Å². The third-order valence-electron chi connectivity index (χ3n) is 2.71. The van der Waals surface area contributed by atoms with E-state index in [9.17, 15) is 0 Å². The first-order valence-corrected chi connectivity index (χ1v) is 5.37. The first kappa shape index (κ1) is 12.8. The fourth-order valence-electron chi connectivity index (χ4n) is 1.54. The molecule has 1 unspecified atom stereocenters. The lowest BCUT2D eigenvalue weighted by Gasteiger charge is -2.28. The lowest BCUT2D eigenvalue weighted by atomic mass is 9.83. The standard InChI is InChI=1S/C13H21NO2/c1-13(2,3)12(14)10-7-6-9(15-4)8-11(10)16-5/h6-8,12H,14H2,1-5H3. The molecule has 0 saturated heterocycles. The van der Waals surface area contributed by atoms with Crippen LogP contribution in [0.3, 0.4) is 0 Å². The molecule has 0 radical (unpaired) electrons. The maximum Gasteiger partial charge on any atom is 0.127 e. The van der Waals surface area contributed by atoms with Crippen LogP contribution in [-0.2, 0) is 0 Å². The molecule has 1 atom stereocenters. The summed E-state index contributed by atoms with van der Waals surface area (Å²) in [6.45, 7) is 6.34. The third kappa shape index (κ3) is 2.67. The van der Waals surface area contributed by atoms with E-state index in [4.69, 9.17) is 15.2 Å². The molecule has 0 heterocycles. The third-order valence-corrected chi connectivity index (χ3v) is 2.71. The summed E-state index contributed by atoms with van der Waals surface area (Å²) in [5, 5.41) is 0. The van der Waals surface area contributed by atoms with Gasteiger partial charge < -0.3 is 15.2 Å². The maximum atomic E-state index is 6.22. The van der Waals surface area contributed by atoms with E-state index in [1.165, 1.54) is 0 Å². The van der Waals surface area contributed by atoms with E-state index in [0.29, 0.717) is 0 Å². The smallest absolute Gasteiger partial charge is 0.127 e. The summed E-state index contributed by atoms with van der Waals surface area (Å²) in [4.78, 5) is 0. The monoisotopic (exact) mass is 223 g/mol. The summed E-state index contributed by atoms with van der Waals surface area (Å²) < 4.78 is 10.5. The largest absolute Gasteiger partial charge is 0.497 e. The number of hydrogen-bond acceptors (Lipinski definition) is 3. The molecule has 16 heavy (non-hydrogen) atoms. The first-order valence-electron chi connectivity index (χ1n) is 5.37. The van der Waals surface area contributed by atoms with E-state index in [-0.39, 0.29) is 11.5 Å². The Morgan fingerprint density at radius 1 is 1.12 bits per heavy atom. The van der Waals surface area contributed by atoms with Crippen molar-refractivity contribution in [2.45, 2.75) is 26.8 Å². The maximum absolute atomic E-state index is 6.22. The van der Waals surface area contributed by atoms with Gasteiger partial charge in [-0.1, -0.05) is 26.8 Å². The summed E-state index contributed by atoms with van der Waals surface area (Å²) >= 11 is 0. The summed E-state index contributed by atoms with van der Waals surface area (Å²) in [6.07, 6.45) is 0. The molecule has 2 N–H and O–H groups in total. The molecular weight excluding hydrogens is 202 g/mol. The minimum absolute atomic E-state index is 0.00185. The zero-order valence-corrected chi connectivity index (χ0v) is 10.7. The van der Waals surface area contributed by atoms with Crippen molar-refractivity contribution in [3.8, 4) is 11.5 Å². The average Bonchev–Trinajstić information content (AvgIpc) is 2.26. The van der Waals surface area contributed by atoms with Crippen LogP contribution < -0.4 is 15.2 Å². The Bertz CT molecular complexity index is 355. The molecule has 1 aromatic rings. The second-order valence-corrected chi connectivity index (χ2v) is 4.95. The quantitative estimate of drug-likeness (QED) is 0.857. The highest BCUT2D eigenvalue weighted by molar-refractivity contribution is 5.42. The van der Waals surface area contributed by atoms with E-state index in [1.807, 2.05) is 18.2 Å². The second kappa shape index (κ2) is 4.74. The van der Waals surface area contributed by atoms with Gasteiger partial charge in [-0.15, -0.1) is 0 Å². The van der Waals surface area contributed by atoms with E-state index in [1.54, 1.807) is 14.2 Å². The Labute approximate surface area is 97.6 Å². The second-order valence-electron chi connectivity index (χ2n) is 4.95. The zero-order valence-electron chi connectivity index (χ0n) is 10.7. The molecule has 1 aromatic carbocycles. The van der Waals surface area contributed by atoms with Crippen LogP contribution >= 0.6 is 0 Å². The first-order chi connectivity index (χ1) is 7.40. The van der Waals surface area contributed by atoms with Gasteiger partial charge in [0.25, 0.3) is 0 Å². The predicted octanol–water partition coefficient (Wildman–Crippen LogP) is 2.75. The van der Waals surface area contributed by atoms with Crippen LogP contribution in [0.4, 0.5) is 0 Å². The van der Waals surface area contributed by atoms with Crippen molar-refractivity contribution in [3.05, 3.63) is 23.8 Å². The van der Waals surface area contributed by atoms with Gasteiger partial charge in [0.1, 0.15) is 11.5 Å². The number of nitrogens with two attached hydrogens (primary N) is 1. The van der Waals surface area contributed by atoms with Crippen molar-refractivity contribution in [1.82, 2.24) is 0 Å². The van der Waals surface area contributed by atoms with E-state index >= 15 is 0 Å². The molecule has 1 rings (SSSR count). The van der Waals surface area contributed by atoms with Crippen molar-refractivity contribution in [1.29, 1.82) is 0 Å². The highest BCUT2D eigenvalue weighted by Crippen LogP contribution is 2.37. The highest BCUT2D eigenvalue weighted by atomic mass is 16.5. The molecule has 0 fully saturated rings. The van der Waals surface area contributed by atoms with Crippen LogP contribution in [0.2, 0.25) is 0 Å². The number of benzene rings is 1. The minimum atomic E-state index is -0.0617. The fourth-order valence-corrected chi connectivity index (χ4v) is 1.54. The van der Waals surface area contributed by atoms with Crippen molar-refractivity contribution in [3.63, 3.8) is 0 Å². The van der Waals surface area contributed by atoms with Crippen LogP contribution in [0.15, 0.2) is 18.2 Å². The number of ether oxygens (including phenoxy) is 2. The number of methoxy groups -OCH3 is 2. The highest BCUT2D eigenvalue weighted by Gasteiger charge is 2.25. The minimum Gasteiger partial charge on any atom is -0.497 e. The van der Waals surface area contributed by atoms with Gasteiger partial charge in [0.2, 0.25) is 0 Å². The van der Waals surface area contributed by atoms with Crippen LogP contribution in [0.25, 0.3) is 0 Å². The summed E-state index contributed by atoms with van der Waals surface area (Å²) in [5.74, 6) is 1.56. The van der Waals surface area contributed by atoms with Crippen molar-refractivity contribution in [2.75, 3.05) is 14.2 Å². The molecular formula is C13H21NO2. The molecule has 3 nitrogen and oxygen atoms in total.